The van der Waals surface area contributed by atoms with Gasteiger partial charge in [-0.15, -0.1) is 0 Å². The molecular weight excluding hydrogens is 356 g/mol. The summed E-state index contributed by atoms with van der Waals surface area (Å²) in [6, 6.07) is 0. The number of rotatable bonds is 5. The number of fused-ring (bicyclic) bond motifs is 4. The van der Waals surface area contributed by atoms with Crippen molar-refractivity contribution in [1.82, 2.24) is 0 Å². The Balaban J connectivity index is 1.59. The quantitative estimate of drug-likeness (QED) is 0.556. The molecular formula is C27H44O2. The van der Waals surface area contributed by atoms with E-state index in [1.165, 1.54) is 44.1 Å². The highest BCUT2D eigenvalue weighted by molar-refractivity contribution is 6.00. The Kier molecular flexibility index (Phi) is 5.82. The van der Waals surface area contributed by atoms with Crippen LogP contribution >= 0.6 is 0 Å². The SMILES string of the molecule is CC(C)CCC[C@H](C)[C@H]1CC(=O)C2=C3CC[C@@H]4C[C@H](O)CC[C@]4(C)[C@@H]3CC[C@]21C. The summed E-state index contributed by atoms with van der Waals surface area (Å²) >= 11 is 0. The Hall–Kier alpha value is -0.630. The smallest absolute Gasteiger partial charge is 0.159 e. The number of Topliss-reactive ketones (excluding diaryl/α,β-unsaturated/α-hetero) is 1. The van der Waals surface area contributed by atoms with E-state index in [2.05, 4.69) is 34.6 Å². The first-order chi connectivity index (χ1) is 13.7. The van der Waals surface area contributed by atoms with E-state index in [0.29, 0.717) is 34.9 Å². The van der Waals surface area contributed by atoms with Crippen molar-refractivity contribution in [2.45, 2.75) is 111 Å². The molecule has 0 amide bonds. The molecule has 0 spiro atoms. The largest absolute Gasteiger partial charge is 0.393 e. The van der Waals surface area contributed by atoms with Crippen LogP contribution in [0.2, 0.25) is 0 Å². The number of carbonyl (C=O) groups excluding carboxylic acids is 1. The average molecular weight is 401 g/mol. The van der Waals surface area contributed by atoms with E-state index in [4.69, 9.17) is 0 Å². The monoisotopic (exact) mass is 400 g/mol. The lowest BCUT2D eigenvalue weighted by molar-refractivity contribution is -0.115. The molecule has 4 rings (SSSR count). The minimum Gasteiger partial charge on any atom is -0.393 e. The van der Waals surface area contributed by atoms with Gasteiger partial charge in [0.2, 0.25) is 0 Å². The number of hydrogen-bond donors (Lipinski definition) is 1. The van der Waals surface area contributed by atoms with E-state index < -0.39 is 0 Å². The number of aliphatic hydroxyl groups excluding tert-OH is 1. The van der Waals surface area contributed by atoms with Crippen LogP contribution < -0.4 is 0 Å². The fraction of sp³-hybridized carbons (Fsp3) is 0.889. The van der Waals surface area contributed by atoms with Gasteiger partial charge in [0, 0.05) is 12.0 Å². The summed E-state index contributed by atoms with van der Waals surface area (Å²) < 4.78 is 0. The second kappa shape index (κ2) is 7.81. The molecule has 0 aromatic heterocycles. The van der Waals surface area contributed by atoms with E-state index in [9.17, 15) is 9.90 Å². The first-order valence-corrected chi connectivity index (χ1v) is 12.6. The second-order valence-corrected chi connectivity index (χ2v) is 12.1. The molecule has 3 saturated carbocycles. The molecule has 7 atom stereocenters. The molecule has 0 aromatic carbocycles. The Labute approximate surface area is 178 Å². The van der Waals surface area contributed by atoms with Crippen molar-refractivity contribution in [3.8, 4) is 0 Å². The van der Waals surface area contributed by atoms with Gasteiger partial charge >= 0.3 is 0 Å². The topological polar surface area (TPSA) is 37.3 Å². The van der Waals surface area contributed by atoms with E-state index in [1.54, 1.807) is 5.57 Å². The molecule has 0 aliphatic heterocycles. The molecule has 0 saturated heterocycles. The van der Waals surface area contributed by atoms with Gasteiger partial charge < -0.3 is 5.11 Å². The number of hydrogen-bond acceptors (Lipinski definition) is 2. The molecule has 4 aliphatic rings. The van der Waals surface area contributed by atoms with E-state index in [1.807, 2.05) is 0 Å². The zero-order valence-electron chi connectivity index (χ0n) is 19.6. The second-order valence-electron chi connectivity index (χ2n) is 12.1. The van der Waals surface area contributed by atoms with Crippen molar-refractivity contribution in [3.05, 3.63) is 11.1 Å². The zero-order chi connectivity index (χ0) is 21.0. The van der Waals surface area contributed by atoms with Crippen molar-refractivity contribution in [2.24, 2.45) is 40.4 Å². The third kappa shape index (κ3) is 3.56. The summed E-state index contributed by atoms with van der Waals surface area (Å²) in [7, 11) is 0. The van der Waals surface area contributed by atoms with Gasteiger partial charge in [0.15, 0.2) is 5.78 Å². The first kappa shape index (κ1) is 21.6. The van der Waals surface area contributed by atoms with Crippen LogP contribution in [-0.2, 0) is 4.79 Å². The molecule has 0 aromatic rings. The van der Waals surface area contributed by atoms with Gasteiger partial charge in [-0.2, -0.15) is 0 Å². The van der Waals surface area contributed by atoms with Crippen LogP contribution in [0, 0.1) is 40.4 Å². The van der Waals surface area contributed by atoms with Crippen LogP contribution in [0.5, 0.6) is 0 Å². The molecule has 0 heterocycles. The van der Waals surface area contributed by atoms with Crippen LogP contribution in [0.15, 0.2) is 11.1 Å². The molecule has 164 valence electrons. The molecule has 2 nitrogen and oxygen atoms in total. The maximum atomic E-state index is 13.4. The van der Waals surface area contributed by atoms with Gasteiger partial charge in [0.1, 0.15) is 0 Å². The number of ketones is 1. The molecule has 2 heteroatoms. The van der Waals surface area contributed by atoms with Crippen molar-refractivity contribution < 1.29 is 9.90 Å². The highest BCUT2D eigenvalue weighted by Gasteiger charge is 2.57. The third-order valence-electron chi connectivity index (χ3n) is 9.96. The predicted octanol–water partition coefficient (Wildman–Crippen LogP) is 6.71. The lowest BCUT2D eigenvalue weighted by Crippen LogP contribution is -2.48. The van der Waals surface area contributed by atoms with E-state index >= 15 is 0 Å². The maximum Gasteiger partial charge on any atom is 0.159 e. The summed E-state index contributed by atoms with van der Waals surface area (Å²) in [6.45, 7) is 12.0. The maximum absolute atomic E-state index is 13.4. The molecule has 3 fully saturated rings. The van der Waals surface area contributed by atoms with Crippen molar-refractivity contribution >= 4 is 5.78 Å². The summed E-state index contributed by atoms with van der Waals surface area (Å²) in [6.07, 6.45) is 12.4. The highest BCUT2D eigenvalue weighted by Crippen LogP contribution is 2.65. The summed E-state index contributed by atoms with van der Waals surface area (Å²) in [4.78, 5) is 13.4. The van der Waals surface area contributed by atoms with E-state index in [-0.39, 0.29) is 11.5 Å². The molecule has 29 heavy (non-hydrogen) atoms. The standard InChI is InChI=1S/C27H44O2/c1-17(2)7-6-8-18(3)23-16-24(29)25-21-10-9-19-15-20(28)11-13-26(19,4)22(21)12-14-27(23,25)5/h17-20,22-23,28H,6-16H2,1-5H3/t18-,19+,20+,22+,23+,26-,27-/m0/s1. The van der Waals surface area contributed by atoms with Gasteiger partial charge in [-0.3, -0.25) is 4.79 Å². The van der Waals surface area contributed by atoms with Gasteiger partial charge in [-0.1, -0.05) is 59.5 Å². The van der Waals surface area contributed by atoms with Gasteiger partial charge in [-0.05, 0) is 85.4 Å². The summed E-state index contributed by atoms with van der Waals surface area (Å²) in [5.74, 6) is 3.70. The Morgan fingerprint density at radius 3 is 2.55 bits per heavy atom. The predicted molar refractivity (Wildman–Crippen MR) is 120 cm³/mol. The van der Waals surface area contributed by atoms with Crippen LogP contribution in [0.3, 0.4) is 0 Å². The Morgan fingerprint density at radius 1 is 1.07 bits per heavy atom. The van der Waals surface area contributed by atoms with Crippen LogP contribution in [0.4, 0.5) is 0 Å². The average Bonchev–Trinajstić information content (AvgIpc) is 2.93. The normalized spacial score (nSPS) is 43.2. The molecule has 4 aliphatic carbocycles. The first-order valence-electron chi connectivity index (χ1n) is 12.6. The lowest BCUT2D eigenvalue weighted by atomic mass is 9.48. The molecule has 0 bridgehead atoms. The molecule has 0 unspecified atom stereocenters. The summed E-state index contributed by atoms with van der Waals surface area (Å²) in [5.41, 5.74) is 3.29. The number of carbonyl (C=O) groups is 1. The number of allylic oxidation sites excluding steroid dienone is 2. The summed E-state index contributed by atoms with van der Waals surface area (Å²) in [5, 5.41) is 10.2. The Bertz CT molecular complexity index is 676. The fourth-order valence-electron chi connectivity index (χ4n) is 8.22. The molecule has 0 radical (unpaired) electrons. The van der Waals surface area contributed by atoms with Crippen LogP contribution in [0.25, 0.3) is 0 Å². The molecule has 1 N–H and O–H groups in total. The van der Waals surface area contributed by atoms with Crippen molar-refractivity contribution in [1.29, 1.82) is 0 Å². The highest BCUT2D eigenvalue weighted by atomic mass is 16.3. The van der Waals surface area contributed by atoms with Gasteiger partial charge in [0.25, 0.3) is 0 Å². The van der Waals surface area contributed by atoms with Crippen LogP contribution in [-0.4, -0.2) is 17.0 Å². The minimum atomic E-state index is -0.0969. The van der Waals surface area contributed by atoms with Crippen molar-refractivity contribution in [3.63, 3.8) is 0 Å². The lowest BCUT2D eigenvalue weighted by Gasteiger charge is -2.56. The van der Waals surface area contributed by atoms with E-state index in [0.717, 1.165) is 38.0 Å². The van der Waals surface area contributed by atoms with Crippen molar-refractivity contribution in [2.75, 3.05) is 0 Å². The third-order valence-corrected chi connectivity index (χ3v) is 9.96. The van der Waals surface area contributed by atoms with Gasteiger partial charge in [-0.25, -0.2) is 0 Å². The van der Waals surface area contributed by atoms with Gasteiger partial charge in [0.05, 0.1) is 6.10 Å². The minimum absolute atomic E-state index is 0.0969. The van der Waals surface area contributed by atoms with Crippen LogP contribution in [0.1, 0.15) is 105 Å². The fourth-order valence-corrected chi connectivity index (χ4v) is 8.22. The zero-order valence-corrected chi connectivity index (χ0v) is 19.6. The number of aliphatic hydroxyl groups is 1. The Morgan fingerprint density at radius 2 is 1.83 bits per heavy atom.